The van der Waals surface area contributed by atoms with E-state index in [0.717, 1.165) is 34.1 Å². The molecule has 288 valence electrons. The van der Waals surface area contributed by atoms with Gasteiger partial charge in [0, 0.05) is 33.8 Å². The second-order valence-electron chi connectivity index (χ2n) is 15.7. The summed E-state index contributed by atoms with van der Waals surface area (Å²) < 4.78 is 0. The maximum absolute atomic E-state index is 2.50. The zero-order chi connectivity index (χ0) is 40.6. The van der Waals surface area contributed by atoms with Crippen molar-refractivity contribution in [3.63, 3.8) is 0 Å². The molecule has 0 atom stereocenters. The van der Waals surface area contributed by atoms with Gasteiger partial charge in [0.2, 0.25) is 0 Å². The van der Waals surface area contributed by atoms with E-state index in [1.54, 1.807) is 0 Å². The van der Waals surface area contributed by atoms with Gasteiger partial charge >= 0.3 is 0 Å². The van der Waals surface area contributed by atoms with E-state index in [2.05, 4.69) is 265 Å². The molecular weight excluding hydrogens is 737 g/mol. The van der Waals surface area contributed by atoms with Gasteiger partial charge in [-0.3, -0.25) is 0 Å². The van der Waals surface area contributed by atoms with Gasteiger partial charge in [0.1, 0.15) is 0 Å². The Kier molecular flexibility index (Phi) is 9.09. The molecule has 0 spiro atoms. The average molecular weight is 779 g/mol. The largest absolute Gasteiger partial charge is 0.310 e. The predicted molar refractivity (Wildman–Crippen MR) is 256 cm³/mol. The highest BCUT2D eigenvalue weighted by Gasteiger charge is 2.48. The summed E-state index contributed by atoms with van der Waals surface area (Å²) in [5.74, 6) is 0. The van der Waals surface area contributed by atoms with Crippen LogP contribution in [0, 0.1) is 0 Å². The molecule has 0 bridgehead atoms. The zero-order valence-corrected chi connectivity index (χ0v) is 33.6. The summed E-state index contributed by atoms with van der Waals surface area (Å²) in [7, 11) is 0. The van der Waals surface area contributed by atoms with Gasteiger partial charge in [0.05, 0.1) is 11.1 Å². The van der Waals surface area contributed by atoms with Crippen LogP contribution in [0.15, 0.2) is 255 Å². The van der Waals surface area contributed by atoms with Crippen LogP contribution < -0.4 is 9.80 Å². The van der Waals surface area contributed by atoms with E-state index < -0.39 is 5.41 Å². The van der Waals surface area contributed by atoms with Crippen LogP contribution in [-0.4, -0.2) is 0 Å². The number of hydrogen-bond acceptors (Lipinski definition) is 2. The van der Waals surface area contributed by atoms with Crippen LogP contribution in [0.1, 0.15) is 22.3 Å². The Bertz CT molecular complexity index is 3020. The van der Waals surface area contributed by atoms with Crippen LogP contribution >= 0.6 is 0 Å². The highest BCUT2D eigenvalue weighted by Crippen LogP contribution is 2.60. The molecule has 0 saturated carbocycles. The summed E-state index contributed by atoms with van der Waals surface area (Å²) in [5.41, 5.74) is 15.9. The molecule has 0 radical (unpaired) electrons. The second-order valence-corrected chi connectivity index (χ2v) is 15.7. The molecule has 11 rings (SSSR count). The lowest BCUT2D eigenvalue weighted by molar-refractivity contribution is 0.769. The van der Waals surface area contributed by atoms with Crippen LogP contribution in [0.25, 0.3) is 33.0 Å². The van der Waals surface area contributed by atoms with Gasteiger partial charge in [-0.25, -0.2) is 0 Å². The van der Waals surface area contributed by atoms with Gasteiger partial charge in [-0.2, -0.15) is 0 Å². The Morgan fingerprint density at radius 1 is 0.279 bits per heavy atom. The minimum absolute atomic E-state index is 0.652. The van der Waals surface area contributed by atoms with Crippen LogP contribution in [0.2, 0.25) is 0 Å². The minimum atomic E-state index is -0.652. The standard InChI is InChI=1S/C59H42N2/c1-7-21-43(22-8-1)44-35-37-50(38-36-44)61(49-31-17-6-18-32-49)57-42-56-58(53-34-20-19-33-52(53)57)54-40-39-51(60(47-27-13-4-14-28-47)48-29-15-5-16-30-48)41-55(54)59(56,45-23-9-2-10-24-45)46-25-11-3-12-26-46/h1-42H. The minimum Gasteiger partial charge on any atom is -0.310 e. The molecule has 0 amide bonds. The Labute approximate surface area is 357 Å². The summed E-state index contributed by atoms with van der Waals surface area (Å²) in [6, 6.07) is 92.8. The van der Waals surface area contributed by atoms with Crippen molar-refractivity contribution in [2.75, 3.05) is 9.80 Å². The molecule has 2 heteroatoms. The van der Waals surface area contributed by atoms with Gasteiger partial charge in [-0.05, 0) is 117 Å². The predicted octanol–water partition coefficient (Wildman–Crippen LogP) is 15.8. The summed E-state index contributed by atoms with van der Waals surface area (Å²) >= 11 is 0. The molecule has 1 aliphatic carbocycles. The maximum Gasteiger partial charge on any atom is 0.0715 e. The molecule has 0 N–H and O–H groups in total. The van der Waals surface area contributed by atoms with E-state index in [4.69, 9.17) is 0 Å². The van der Waals surface area contributed by atoms with Crippen LogP contribution in [0.5, 0.6) is 0 Å². The molecule has 0 aromatic heterocycles. The van der Waals surface area contributed by atoms with E-state index in [-0.39, 0.29) is 0 Å². The Balaban J connectivity index is 1.22. The lowest BCUT2D eigenvalue weighted by Gasteiger charge is -2.36. The summed E-state index contributed by atoms with van der Waals surface area (Å²) in [6.45, 7) is 0. The van der Waals surface area contributed by atoms with Crippen LogP contribution in [-0.2, 0) is 5.41 Å². The van der Waals surface area contributed by atoms with E-state index in [1.807, 2.05) is 0 Å². The van der Waals surface area contributed by atoms with Gasteiger partial charge in [-0.1, -0.05) is 188 Å². The fraction of sp³-hybridized carbons (Fsp3) is 0.0169. The molecular formula is C59H42N2. The first-order valence-corrected chi connectivity index (χ1v) is 21.0. The Morgan fingerprint density at radius 3 is 1.23 bits per heavy atom. The average Bonchev–Trinajstić information content (AvgIpc) is 3.64. The molecule has 0 saturated heterocycles. The molecule has 61 heavy (non-hydrogen) atoms. The summed E-state index contributed by atoms with van der Waals surface area (Å²) in [4.78, 5) is 4.82. The SMILES string of the molecule is c1ccc(-c2ccc(N(c3ccccc3)c3cc4c(c5ccccc35)-c3ccc(N(c5ccccc5)c5ccccc5)cc3C4(c3ccccc3)c3ccccc3)cc2)cc1. The number of anilines is 6. The lowest BCUT2D eigenvalue weighted by atomic mass is 9.67. The van der Waals surface area contributed by atoms with Crippen molar-refractivity contribution in [3.8, 4) is 22.3 Å². The molecule has 0 unspecified atom stereocenters. The van der Waals surface area contributed by atoms with Crippen molar-refractivity contribution < 1.29 is 0 Å². The molecule has 1 aliphatic rings. The molecule has 0 heterocycles. The van der Waals surface area contributed by atoms with E-state index >= 15 is 0 Å². The number of nitrogens with zero attached hydrogens (tertiary/aromatic N) is 2. The first-order valence-electron chi connectivity index (χ1n) is 21.0. The molecule has 0 fully saturated rings. The maximum atomic E-state index is 2.50. The van der Waals surface area contributed by atoms with Gasteiger partial charge in [-0.15, -0.1) is 0 Å². The van der Waals surface area contributed by atoms with Crippen LogP contribution in [0.3, 0.4) is 0 Å². The van der Waals surface area contributed by atoms with Crippen molar-refractivity contribution in [1.82, 2.24) is 0 Å². The normalized spacial score (nSPS) is 12.4. The fourth-order valence-corrected chi connectivity index (χ4v) is 9.68. The van der Waals surface area contributed by atoms with Gasteiger partial charge < -0.3 is 9.80 Å². The fourth-order valence-electron chi connectivity index (χ4n) is 9.68. The third-order valence-electron chi connectivity index (χ3n) is 12.3. The summed E-state index contributed by atoms with van der Waals surface area (Å²) in [5, 5.41) is 2.42. The van der Waals surface area contributed by atoms with Crippen molar-refractivity contribution in [1.29, 1.82) is 0 Å². The smallest absolute Gasteiger partial charge is 0.0715 e. The Hall–Kier alpha value is -7.94. The quantitative estimate of drug-likeness (QED) is 0.144. The zero-order valence-electron chi connectivity index (χ0n) is 33.6. The first-order chi connectivity index (χ1) is 30.3. The lowest BCUT2D eigenvalue weighted by Crippen LogP contribution is -2.29. The number of para-hydroxylation sites is 3. The number of hydrogen-bond donors (Lipinski definition) is 0. The first kappa shape index (κ1) is 36.2. The van der Waals surface area contributed by atoms with E-state index in [0.29, 0.717) is 0 Å². The second kappa shape index (κ2) is 15.3. The Morgan fingerprint density at radius 2 is 0.689 bits per heavy atom. The molecule has 10 aromatic carbocycles. The van der Waals surface area contributed by atoms with Crippen molar-refractivity contribution >= 4 is 44.9 Å². The topological polar surface area (TPSA) is 6.48 Å². The molecule has 2 nitrogen and oxygen atoms in total. The van der Waals surface area contributed by atoms with Crippen LogP contribution in [0.4, 0.5) is 34.1 Å². The van der Waals surface area contributed by atoms with Gasteiger partial charge in [0.15, 0.2) is 0 Å². The van der Waals surface area contributed by atoms with Crippen molar-refractivity contribution in [3.05, 3.63) is 277 Å². The van der Waals surface area contributed by atoms with Crippen molar-refractivity contribution in [2.45, 2.75) is 5.41 Å². The summed E-state index contributed by atoms with van der Waals surface area (Å²) in [6.07, 6.45) is 0. The third-order valence-corrected chi connectivity index (χ3v) is 12.3. The molecule has 10 aromatic rings. The number of benzene rings is 10. The highest BCUT2D eigenvalue weighted by molar-refractivity contribution is 6.11. The highest BCUT2D eigenvalue weighted by atomic mass is 15.1. The number of rotatable bonds is 9. The van der Waals surface area contributed by atoms with Crippen molar-refractivity contribution in [2.24, 2.45) is 0 Å². The third kappa shape index (κ3) is 6.12. The molecule has 0 aliphatic heterocycles. The van der Waals surface area contributed by atoms with Gasteiger partial charge in [0.25, 0.3) is 0 Å². The number of fused-ring (bicyclic) bond motifs is 5. The van der Waals surface area contributed by atoms with E-state index in [1.165, 1.54) is 55.3 Å². The van der Waals surface area contributed by atoms with E-state index in [9.17, 15) is 0 Å². The monoisotopic (exact) mass is 778 g/mol.